The predicted octanol–water partition coefficient (Wildman–Crippen LogP) is 4.05. The molecule has 90 valence electrons. The zero-order valence-electron chi connectivity index (χ0n) is 8.98. The van der Waals surface area contributed by atoms with Gasteiger partial charge in [-0.2, -0.15) is 13.2 Å². The SMILES string of the molecule is CC(C)N[C@@H](c1ccc(Br)cc1)C(F)(F)F. The number of hydrogen-bond acceptors (Lipinski definition) is 1. The minimum Gasteiger partial charge on any atom is -0.300 e. The molecule has 1 aromatic carbocycles. The van der Waals surface area contributed by atoms with Crippen LogP contribution in [0.5, 0.6) is 0 Å². The summed E-state index contributed by atoms with van der Waals surface area (Å²) in [4.78, 5) is 0. The summed E-state index contributed by atoms with van der Waals surface area (Å²) in [6.45, 7) is 3.38. The van der Waals surface area contributed by atoms with Gasteiger partial charge in [-0.05, 0) is 17.7 Å². The van der Waals surface area contributed by atoms with Crippen molar-refractivity contribution in [2.24, 2.45) is 0 Å². The van der Waals surface area contributed by atoms with Gasteiger partial charge < -0.3 is 5.32 Å². The second kappa shape index (κ2) is 5.19. The molecule has 0 aliphatic carbocycles. The van der Waals surface area contributed by atoms with Crippen molar-refractivity contribution in [1.29, 1.82) is 0 Å². The Bertz CT molecular complexity index is 332. The number of alkyl halides is 3. The monoisotopic (exact) mass is 295 g/mol. The van der Waals surface area contributed by atoms with Crippen LogP contribution in [0, 0.1) is 0 Å². The first-order valence-electron chi connectivity index (χ1n) is 4.89. The van der Waals surface area contributed by atoms with Gasteiger partial charge in [-0.25, -0.2) is 0 Å². The van der Waals surface area contributed by atoms with Gasteiger partial charge in [-0.1, -0.05) is 41.9 Å². The third-order valence-corrected chi connectivity index (χ3v) is 2.56. The van der Waals surface area contributed by atoms with Crippen molar-refractivity contribution in [2.75, 3.05) is 0 Å². The van der Waals surface area contributed by atoms with Crippen LogP contribution >= 0.6 is 15.9 Å². The van der Waals surface area contributed by atoms with E-state index in [0.29, 0.717) is 0 Å². The first kappa shape index (κ1) is 13.5. The van der Waals surface area contributed by atoms with Gasteiger partial charge in [0, 0.05) is 10.5 Å². The van der Waals surface area contributed by atoms with Crippen molar-refractivity contribution in [2.45, 2.75) is 32.1 Å². The Labute approximate surface area is 101 Å². The van der Waals surface area contributed by atoms with Gasteiger partial charge in [0.1, 0.15) is 6.04 Å². The molecule has 0 saturated carbocycles. The van der Waals surface area contributed by atoms with E-state index in [-0.39, 0.29) is 11.6 Å². The van der Waals surface area contributed by atoms with E-state index in [2.05, 4.69) is 21.2 Å². The quantitative estimate of drug-likeness (QED) is 0.887. The minimum absolute atomic E-state index is 0.226. The van der Waals surface area contributed by atoms with Crippen molar-refractivity contribution >= 4 is 15.9 Å². The Morgan fingerprint density at radius 1 is 1.12 bits per heavy atom. The van der Waals surface area contributed by atoms with Crippen LogP contribution in [0.25, 0.3) is 0 Å². The van der Waals surface area contributed by atoms with Crippen molar-refractivity contribution in [3.8, 4) is 0 Å². The van der Waals surface area contributed by atoms with Crippen molar-refractivity contribution in [3.63, 3.8) is 0 Å². The van der Waals surface area contributed by atoms with Gasteiger partial charge in [0.05, 0.1) is 0 Å². The fourth-order valence-electron chi connectivity index (χ4n) is 1.37. The molecule has 1 nitrogen and oxygen atoms in total. The predicted molar refractivity (Wildman–Crippen MR) is 61.2 cm³/mol. The van der Waals surface area contributed by atoms with Crippen LogP contribution in [-0.2, 0) is 0 Å². The molecule has 0 spiro atoms. The fraction of sp³-hybridized carbons (Fsp3) is 0.455. The van der Waals surface area contributed by atoms with Crippen LogP contribution in [0.3, 0.4) is 0 Å². The van der Waals surface area contributed by atoms with Crippen molar-refractivity contribution < 1.29 is 13.2 Å². The molecule has 0 fully saturated rings. The average Bonchev–Trinajstić information content (AvgIpc) is 2.14. The lowest BCUT2D eigenvalue weighted by Crippen LogP contribution is -2.38. The van der Waals surface area contributed by atoms with Crippen LogP contribution in [0.15, 0.2) is 28.7 Å². The maximum atomic E-state index is 12.8. The second-order valence-corrected chi connectivity index (χ2v) is 4.76. The van der Waals surface area contributed by atoms with E-state index in [4.69, 9.17) is 0 Å². The zero-order valence-corrected chi connectivity index (χ0v) is 10.6. The maximum Gasteiger partial charge on any atom is 0.407 e. The van der Waals surface area contributed by atoms with Crippen LogP contribution in [0.4, 0.5) is 13.2 Å². The van der Waals surface area contributed by atoms with E-state index in [1.165, 1.54) is 12.1 Å². The van der Waals surface area contributed by atoms with Gasteiger partial charge in [0.2, 0.25) is 0 Å². The molecule has 0 saturated heterocycles. The molecule has 16 heavy (non-hydrogen) atoms. The van der Waals surface area contributed by atoms with E-state index in [0.717, 1.165) is 4.47 Å². The van der Waals surface area contributed by atoms with Crippen LogP contribution < -0.4 is 5.32 Å². The van der Waals surface area contributed by atoms with Gasteiger partial charge >= 0.3 is 6.18 Å². The third-order valence-electron chi connectivity index (χ3n) is 2.03. The van der Waals surface area contributed by atoms with E-state index in [1.54, 1.807) is 26.0 Å². The molecule has 0 amide bonds. The number of benzene rings is 1. The lowest BCUT2D eigenvalue weighted by Gasteiger charge is -2.24. The van der Waals surface area contributed by atoms with E-state index in [1.807, 2.05) is 0 Å². The molecule has 0 bridgehead atoms. The highest BCUT2D eigenvalue weighted by Crippen LogP contribution is 2.33. The second-order valence-electron chi connectivity index (χ2n) is 3.85. The van der Waals surface area contributed by atoms with Crippen molar-refractivity contribution in [3.05, 3.63) is 34.3 Å². The Balaban J connectivity index is 2.97. The van der Waals surface area contributed by atoms with Crippen molar-refractivity contribution in [1.82, 2.24) is 5.32 Å². The Morgan fingerprint density at radius 3 is 2.00 bits per heavy atom. The smallest absolute Gasteiger partial charge is 0.300 e. The molecular weight excluding hydrogens is 283 g/mol. The molecule has 1 atom stereocenters. The molecule has 1 aromatic rings. The first-order valence-corrected chi connectivity index (χ1v) is 5.68. The van der Waals surface area contributed by atoms with Crippen LogP contribution in [0.2, 0.25) is 0 Å². The summed E-state index contributed by atoms with van der Waals surface area (Å²) < 4.78 is 39.1. The Hall–Kier alpha value is -0.550. The van der Waals surface area contributed by atoms with Gasteiger partial charge in [-0.3, -0.25) is 0 Å². The maximum absolute atomic E-state index is 12.8. The summed E-state index contributed by atoms with van der Waals surface area (Å²) in [6, 6.07) is 4.32. The normalized spacial score (nSPS) is 14.2. The zero-order chi connectivity index (χ0) is 12.3. The fourth-order valence-corrected chi connectivity index (χ4v) is 1.63. The van der Waals surface area contributed by atoms with Crippen LogP contribution in [0.1, 0.15) is 25.5 Å². The molecule has 5 heteroatoms. The van der Waals surface area contributed by atoms with E-state index < -0.39 is 12.2 Å². The first-order chi connectivity index (χ1) is 7.30. The molecule has 1 rings (SSSR count). The Kier molecular flexibility index (Phi) is 4.38. The van der Waals surface area contributed by atoms with E-state index in [9.17, 15) is 13.2 Å². The van der Waals surface area contributed by atoms with Gasteiger partial charge in [-0.15, -0.1) is 0 Å². The largest absolute Gasteiger partial charge is 0.407 e. The van der Waals surface area contributed by atoms with Crippen LogP contribution in [-0.4, -0.2) is 12.2 Å². The highest BCUT2D eigenvalue weighted by molar-refractivity contribution is 9.10. The summed E-state index contributed by atoms with van der Waals surface area (Å²) in [5, 5.41) is 2.52. The molecule has 0 unspecified atom stereocenters. The lowest BCUT2D eigenvalue weighted by atomic mass is 10.1. The lowest BCUT2D eigenvalue weighted by molar-refractivity contribution is -0.159. The molecule has 0 radical (unpaired) electrons. The highest BCUT2D eigenvalue weighted by Gasteiger charge is 2.40. The third kappa shape index (κ3) is 3.79. The molecule has 0 aliphatic heterocycles. The number of rotatable bonds is 3. The van der Waals surface area contributed by atoms with E-state index >= 15 is 0 Å². The standard InChI is InChI=1S/C11H13BrF3N/c1-7(2)16-10(11(13,14)15)8-3-5-9(12)6-4-8/h3-7,10,16H,1-2H3/t10-/m0/s1. The molecule has 0 heterocycles. The number of nitrogens with one attached hydrogen (secondary N) is 1. The summed E-state index contributed by atoms with van der Waals surface area (Å²) in [7, 11) is 0. The Morgan fingerprint density at radius 2 is 1.62 bits per heavy atom. The summed E-state index contributed by atoms with van der Waals surface area (Å²) in [5.41, 5.74) is 0.226. The number of halogens is 4. The van der Waals surface area contributed by atoms with Gasteiger partial charge in [0.25, 0.3) is 0 Å². The molecule has 0 aromatic heterocycles. The summed E-state index contributed by atoms with van der Waals surface area (Å²) in [5.74, 6) is 0. The van der Waals surface area contributed by atoms with Gasteiger partial charge in [0.15, 0.2) is 0 Å². The highest BCUT2D eigenvalue weighted by atomic mass is 79.9. The number of hydrogen-bond donors (Lipinski definition) is 1. The minimum atomic E-state index is -4.28. The average molecular weight is 296 g/mol. The summed E-state index contributed by atoms with van der Waals surface area (Å²) in [6.07, 6.45) is -4.28. The molecule has 0 aliphatic rings. The molecular formula is C11H13BrF3N. The summed E-state index contributed by atoms with van der Waals surface area (Å²) >= 11 is 3.19. The molecule has 1 N–H and O–H groups in total. The topological polar surface area (TPSA) is 12.0 Å².